The number of nitrogens with two attached hydrogens (primary N) is 1. The molecule has 2 aliphatic rings. The molecule has 0 bridgehead atoms. The number of likely N-dealkylation sites (tertiary alicyclic amines) is 2. The molecule has 0 unspecified atom stereocenters. The van der Waals surface area contributed by atoms with Gasteiger partial charge in [-0.15, -0.1) is 0 Å². The van der Waals surface area contributed by atoms with E-state index in [1.165, 1.54) is 7.11 Å². The van der Waals surface area contributed by atoms with Crippen LogP contribution in [0.25, 0.3) is 0 Å². The molecule has 2 saturated heterocycles. The van der Waals surface area contributed by atoms with Gasteiger partial charge < -0.3 is 15.5 Å². The molecule has 2 N–H and O–H groups in total. The molecule has 0 atom stereocenters. The second-order valence-electron chi connectivity index (χ2n) is 8.88. The van der Waals surface area contributed by atoms with Crippen molar-refractivity contribution in [3.63, 3.8) is 0 Å². The largest absolute Gasteiger partial charge is 0.399 e. The molecule has 1 aromatic carbocycles. The minimum atomic E-state index is 0.0771. The van der Waals surface area contributed by atoms with Crippen molar-refractivity contribution in [1.82, 2.24) is 19.8 Å². The number of nitrogens with zero attached hydrogens (tertiary/aromatic N) is 5. The predicted molar refractivity (Wildman–Crippen MR) is 134 cm³/mol. The number of aromatic nitrogens is 2. The fourth-order valence-electron chi connectivity index (χ4n) is 4.81. The molecule has 4 rings (SSSR count). The van der Waals surface area contributed by atoms with Gasteiger partial charge in [-0.05, 0) is 50.9 Å². The van der Waals surface area contributed by atoms with Crippen molar-refractivity contribution >= 4 is 40.8 Å². The maximum Gasteiger partial charge on any atom is 0.225 e. The zero-order valence-electron chi connectivity index (χ0n) is 19.3. The van der Waals surface area contributed by atoms with Gasteiger partial charge in [-0.3, -0.25) is 9.69 Å². The third-order valence-corrected chi connectivity index (χ3v) is 7.21. The van der Waals surface area contributed by atoms with Crippen LogP contribution in [0.4, 0.5) is 5.95 Å². The molecular weight excluding hydrogens is 475 g/mol. The Morgan fingerprint density at radius 2 is 1.74 bits per heavy atom. The number of hydrogen-bond donors (Lipinski definition) is 1. The predicted octanol–water partition coefficient (Wildman–Crippen LogP) is 3.87. The zero-order chi connectivity index (χ0) is 24.1. The highest BCUT2D eigenvalue weighted by atomic mass is 35.5. The Labute approximate surface area is 210 Å². The summed E-state index contributed by atoms with van der Waals surface area (Å²) in [5.74, 6) is 0.803. The Hall–Kier alpha value is -2.42. The lowest BCUT2D eigenvalue weighted by Gasteiger charge is -2.37. The summed E-state index contributed by atoms with van der Waals surface area (Å²) in [4.78, 5) is 30.8. The highest BCUT2D eigenvalue weighted by Crippen LogP contribution is 2.30. The molecule has 8 nitrogen and oxygen atoms in total. The van der Waals surface area contributed by atoms with E-state index in [-0.39, 0.29) is 23.7 Å². The number of benzene rings is 1. The van der Waals surface area contributed by atoms with Crippen LogP contribution < -0.4 is 5.73 Å². The van der Waals surface area contributed by atoms with Crippen LogP contribution in [-0.2, 0) is 16.2 Å². The maximum atomic E-state index is 13.2. The van der Waals surface area contributed by atoms with Gasteiger partial charge >= 0.3 is 0 Å². The molecule has 0 radical (unpaired) electrons. The SMILES string of the molecule is CON=C(c1ccc(Cl)cc1Cl)C1CCN(C(=O)C2CCN(Cc3cnc(N)nc3)CC2)CC1. The Balaban J connectivity index is 1.29. The number of piperidine rings is 2. The van der Waals surface area contributed by atoms with Crippen LogP contribution in [0.5, 0.6) is 0 Å². The van der Waals surface area contributed by atoms with Crippen molar-refractivity contribution < 1.29 is 9.63 Å². The third-order valence-electron chi connectivity index (χ3n) is 6.66. The number of rotatable bonds is 6. The first-order valence-electron chi connectivity index (χ1n) is 11.6. The minimum Gasteiger partial charge on any atom is -0.399 e. The molecule has 182 valence electrons. The molecule has 0 spiro atoms. The van der Waals surface area contributed by atoms with Crippen molar-refractivity contribution in [3.05, 3.63) is 51.8 Å². The molecule has 1 amide bonds. The zero-order valence-corrected chi connectivity index (χ0v) is 20.8. The van der Waals surface area contributed by atoms with Crippen molar-refractivity contribution in [2.75, 3.05) is 39.0 Å². The van der Waals surface area contributed by atoms with E-state index in [1.807, 2.05) is 11.0 Å². The Bertz CT molecular complexity index is 1020. The summed E-state index contributed by atoms with van der Waals surface area (Å²) in [6.45, 7) is 3.97. The highest BCUT2D eigenvalue weighted by Gasteiger charge is 2.33. The number of carbonyl (C=O) groups is 1. The van der Waals surface area contributed by atoms with Crippen molar-refractivity contribution in [3.8, 4) is 0 Å². The van der Waals surface area contributed by atoms with Crippen LogP contribution in [-0.4, -0.2) is 64.7 Å². The lowest BCUT2D eigenvalue weighted by molar-refractivity contribution is -0.138. The van der Waals surface area contributed by atoms with Gasteiger partial charge in [-0.2, -0.15) is 0 Å². The summed E-state index contributed by atoms with van der Waals surface area (Å²) in [6.07, 6.45) is 6.91. The maximum absolute atomic E-state index is 13.2. The van der Waals surface area contributed by atoms with Crippen LogP contribution in [0.3, 0.4) is 0 Å². The molecule has 34 heavy (non-hydrogen) atoms. The number of carbonyl (C=O) groups excluding carboxylic acids is 1. The average Bonchev–Trinajstić information content (AvgIpc) is 2.85. The molecule has 0 aliphatic carbocycles. The Morgan fingerprint density at radius 1 is 1.09 bits per heavy atom. The van der Waals surface area contributed by atoms with E-state index in [1.54, 1.807) is 24.5 Å². The van der Waals surface area contributed by atoms with Gasteiger partial charge in [0.25, 0.3) is 0 Å². The lowest BCUT2D eigenvalue weighted by atomic mass is 9.87. The van der Waals surface area contributed by atoms with E-state index in [9.17, 15) is 4.79 Å². The summed E-state index contributed by atoms with van der Waals surface area (Å²) >= 11 is 12.5. The average molecular weight is 505 g/mol. The number of anilines is 1. The smallest absolute Gasteiger partial charge is 0.225 e. The summed E-state index contributed by atoms with van der Waals surface area (Å²) in [5, 5.41) is 5.42. The molecule has 2 aromatic rings. The van der Waals surface area contributed by atoms with Gasteiger partial charge in [0.1, 0.15) is 7.11 Å². The first-order valence-corrected chi connectivity index (χ1v) is 12.3. The van der Waals surface area contributed by atoms with E-state index < -0.39 is 0 Å². The van der Waals surface area contributed by atoms with Crippen molar-refractivity contribution in [2.45, 2.75) is 32.2 Å². The van der Waals surface area contributed by atoms with Crippen LogP contribution in [0.2, 0.25) is 10.0 Å². The monoisotopic (exact) mass is 504 g/mol. The number of nitrogen functional groups attached to an aromatic ring is 1. The molecule has 10 heteroatoms. The molecule has 0 saturated carbocycles. The van der Waals surface area contributed by atoms with E-state index >= 15 is 0 Å². The van der Waals surface area contributed by atoms with Crippen LogP contribution >= 0.6 is 23.2 Å². The van der Waals surface area contributed by atoms with E-state index in [0.29, 0.717) is 23.1 Å². The fourth-order valence-corrected chi connectivity index (χ4v) is 5.32. The van der Waals surface area contributed by atoms with E-state index in [0.717, 1.165) is 62.2 Å². The quantitative estimate of drug-likeness (QED) is 0.473. The second-order valence-corrected chi connectivity index (χ2v) is 9.73. The summed E-state index contributed by atoms with van der Waals surface area (Å²) in [6, 6.07) is 5.40. The van der Waals surface area contributed by atoms with E-state index in [2.05, 4.69) is 20.0 Å². The lowest BCUT2D eigenvalue weighted by Crippen LogP contribution is -2.46. The number of amides is 1. The number of oxime groups is 1. The summed E-state index contributed by atoms with van der Waals surface area (Å²) in [7, 11) is 1.54. The standard InChI is InChI=1S/C24H30Cl2N6O2/c1-34-30-22(20-3-2-19(25)12-21(20)26)17-6-10-32(11-7-17)23(33)18-4-8-31(9-5-18)15-16-13-28-24(27)29-14-16/h2-3,12-14,17-18H,4-11,15H2,1H3,(H2,27,28,29). The van der Waals surface area contributed by atoms with Crippen molar-refractivity contribution in [1.29, 1.82) is 0 Å². The topological polar surface area (TPSA) is 96.9 Å². The van der Waals surface area contributed by atoms with Gasteiger partial charge in [-0.25, -0.2) is 9.97 Å². The van der Waals surface area contributed by atoms with Crippen LogP contribution in [0.15, 0.2) is 35.7 Å². The second kappa shape index (κ2) is 11.3. The number of hydrogen-bond acceptors (Lipinski definition) is 7. The van der Waals surface area contributed by atoms with Crippen molar-refractivity contribution in [2.24, 2.45) is 17.0 Å². The van der Waals surface area contributed by atoms with E-state index in [4.69, 9.17) is 33.8 Å². The third kappa shape index (κ3) is 5.98. The molecule has 3 heterocycles. The number of halogens is 2. The Kier molecular flexibility index (Phi) is 8.24. The van der Waals surface area contributed by atoms with Gasteiger partial charge in [-0.1, -0.05) is 34.4 Å². The Morgan fingerprint density at radius 3 is 2.35 bits per heavy atom. The summed E-state index contributed by atoms with van der Waals surface area (Å²) < 4.78 is 0. The normalized spacial score (nSPS) is 18.8. The highest BCUT2D eigenvalue weighted by molar-refractivity contribution is 6.37. The van der Waals surface area contributed by atoms with Gasteiger partial charge in [0.05, 0.1) is 10.7 Å². The molecule has 2 aliphatic heterocycles. The molecular formula is C24H30Cl2N6O2. The van der Waals surface area contributed by atoms with Gasteiger partial charge in [0.2, 0.25) is 11.9 Å². The first kappa shape index (κ1) is 24.7. The molecule has 1 aromatic heterocycles. The van der Waals surface area contributed by atoms with Crippen LogP contribution in [0, 0.1) is 11.8 Å². The molecule has 2 fully saturated rings. The van der Waals surface area contributed by atoms with Gasteiger partial charge in [0.15, 0.2) is 0 Å². The fraction of sp³-hybridized carbons (Fsp3) is 0.500. The van der Waals surface area contributed by atoms with Gasteiger partial charge in [0, 0.05) is 60.0 Å². The minimum absolute atomic E-state index is 0.0771. The first-order chi connectivity index (χ1) is 16.4. The summed E-state index contributed by atoms with van der Waals surface area (Å²) in [5.41, 5.74) is 8.25. The van der Waals surface area contributed by atoms with Crippen LogP contribution in [0.1, 0.15) is 36.8 Å².